The normalized spacial score (nSPS) is 10.4. The number of nitrogens with zero attached hydrogens (tertiary/aromatic N) is 4. The molecule has 0 saturated heterocycles. The van der Waals surface area contributed by atoms with Crippen molar-refractivity contribution in [1.29, 1.82) is 0 Å². The van der Waals surface area contributed by atoms with Gasteiger partial charge in [-0.1, -0.05) is 6.92 Å². The molecule has 0 atom stereocenters. The standard InChI is InChI=1S/C11H15N5/c1-4-9-10(7-16(3)15-9)14-11-5-6-12-8(2)13-11/h5-7H,4H2,1-3H3,(H,12,13,14). The quantitative estimate of drug-likeness (QED) is 0.852. The number of aromatic nitrogens is 4. The number of nitrogens with one attached hydrogen (secondary N) is 1. The molecule has 1 N–H and O–H groups in total. The lowest BCUT2D eigenvalue weighted by Crippen LogP contribution is -1.97. The molecule has 0 spiro atoms. The van der Waals surface area contributed by atoms with Crippen LogP contribution in [0.4, 0.5) is 11.5 Å². The van der Waals surface area contributed by atoms with Gasteiger partial charge in [-0.2, -0.15) is 5.10 Å². The number of hydrogen-bond acceptors (Lipinski definition) is 4. The van der Waals surface area contributed by atoms with E-state index in [9.17, 15) is 0 Å². The SMILES string of the molecule is CCc1nn(C)cc1Nc1ccnc(C)n1. The average Bonchev–Trinajstić information content (AvgIpc) is 2.59. The van der Waals surface area contributed by atoms with Crippen molar-refractivity contribution in [2.45, 2.75) is 20.3 Å². The van der Waals surface area contributed by atoms with Crippen LogP contribution in [-0.2, 0) is 13.5 Å². The molecule has 0 bridgehead atoms. The van der Waals surface area contributed by atoms with Gasteiger partial charge in [-0.05, 0) is 19.4 Å². The summed E-state index contributed by atoms with van der Waals surface area (Å²) in [7, 11) is 1.91. The molecule has 2 rings (SSSR count). The molecule has 0 aliphatic heterocycles. The van der Waals surface area contributed by atoms with Crippen LogP contribution < -0.4 is 5.32 Å². The van der Waals surface area contributed by atoms with Crippen molar-refractivity contribution in [1.82, 2.24) is 19.7 Å². The highest BCUT2D eigenvalue weighted by molar-refractivity contribution is 5.57. The van der Waals surface area contributed by atoms with E-state index in [-0.39, 0.29) is 0 Å². The smallest absolute Gasteiger partial charge is 0.134 e. The summed E-state index contributed by atoms with van der Waals surface area (Å²) < 4.78 is 1.80. The topological polar surface area (TPSA) is 55.6 Å². The van der Waals surface area contributed by atoms with Gasteiger partial charge < -0.3 is 5.32 Å². The molecule has 2 aromatic heterocycles. The second-order valence-electron chi connectivity index (χ2n) is 3.63. The van der Waals surface area contributed by atoms with Gasteiger partial charge in [0, 0.05) is 19.4 Å². The van der Waals surface area contributed by atoms with Crippen molar-refractivity contribution in [2.75, 3.05) is 5.32 Å². The van der Waals surface area contributed by atoms with Crippen molar-refractivity contribution >= 4 is 11.5 Å². The molecule has 84 valence electrons. The van der Waals surface area contributed by atoms with Crippen LogP contribution in [-0.4, -0.2) is 19.7 Å². The van der Waals surface area contributed by atoms with Gasteiger partial charge in [0.25, 0.3) is 0 Å². The molecule has 0 aliphatic carbocycles. The van der Waals surface area contributed by atoms with Crippen LogP contribution in [0.15, 0.2) is 18.5 Å². The summed E-state index contributed by atoms with van der Waals surface area (Å²) in [4.78, 5) is 8.35. The summed E-state index contributed by atoms with van der Waals surface area (Å²) in [5.74, 6) is 1.56. The Labute approximate surface area is 94.5 Å². The van der Waals surface area contributed by atoms with Crippen molar-refractivity contribution in [3.8, 4) is 0 Å². The molecule has 0 aromatic carbocycles. The fourth-order valence-corrected chi connectivity index (χ4v) is 1.56. The maximum absolute atomic E-state index is 4.36. The minimum absolute atomic E-state index is 0.756. The largest absolute Gasteiger partial charge is 0.337 e. The molecule has 0 aliphatic rings. The second-order valence-corrected chi connectivity index (χ2v) is 3.63. The zero-order chi connectivity index (χ0) is 11.5. The van der Waals surface area contributed by atoms with Crippen LogP contribution in [0.2, 0.25) is 0 Å². The highest BCUT2D eigenvalue weighted by atomic mass is 15.3. The molecule has 2 heterocycles. The Morgan fingerprint density at radius 1 is 1.44 bits per heavy atom. The van der Waals surface area contributed by atoms with E-state index in [4.69, 9.17) is 0 Å². The zero-order valence-corrected chi connectivity index (χ0v) is 9.73. The van der Waals surface area contributed by atoms with Gasteiger partial charge >= 0.3 is 0 Å². The van der Waals surface area contributed by atoms with Gasteiger partial charge in [0.2, 0.25) is 0 Å². The van der Waals surface area contributed by atoms with Crippen LogP contribution in [0.3, 0.4) is 0 Å². The maximum atomic E-state index is 4.36. The van der Waals surface area contributed by atoms with Gasteiger partial charge in [0.15, 0.2) is 0 Å². The second kappa shape index (κ2) is 4.30. The first kappa shape index (κ1) is 10.6. The lowest BCUT2D eigenvalue weighted by Gasteiger charge is -2.04. The number of hydrogen-bond donors (Lipinski definition) is 1. The predicted molar refractivity (Wildman–Crippen MR) is 62.6 cm³/mol. The Bertz CT molecular complexity index is 489. The molecular formula is C11H15N5. The molecule has 5 heteroatoms. The van der Waals surface area contributed by atoms with Crippen LogP contribution in [0.25, 0.3) is 0 Å². The zero-order valence-electron chi connectivity index (χ0n) is 9.73. The third kappa shape index (κ3) is 2.18. The van der Waals surface area contributed by atoms with Crippen molar-refractivity contribution < 1.29 is 0 Å². The number of aryl methyl sites for hydroxylation is 3. The van der Waals surface area contributed by atoms with Gasteiger partial charge in [0.05, 0.1) is 11.4 Å². The number of rotatable bonds is 3. The Morgan fingerprint density at radius 2 is 2.25 bits per heavy atom. The van der Waals surface area contributed by atoms with Gasteiger partial charge in [0.1, 0.15) is 11.6 Å². The summed E-state index contributed by atoms with van der Waals surface area (Å²) >= 11 is 0. The summed E-state index contributed by atoms with van der Waals surface area (Å²) in [6.45, 7) is 3.95. The van der Waals surface area contributed by atoms with Crippen LogP contribution in [0, 0.1) is 6.92 Å². The van der Waals surface area contributed by atoms with E-state index in [1.54, 1.807) is 10.9 Å². The summed E-state index contributed by atoms with van der Waals surface area (Å²) in [6, 6.07) is 1.85. The summed E-state index contributed by atoms with van der Waals surface area (Å²) in [5.41, 5.74) is 2.04. The first-order valence-electron chi connectivity index (χ1n) is 5.28. The molecule has 0 amide bonds. The average molecular weight is 217 g/mol. The molecule has 0 radical (unpaired) electrons. The van der Waals surface area contributed by atoms with Gasteiger partial charge in [-0.25, -0.2) is 9.97 Å². The van der Waals surface area contributed by atoms with E-state index in [1.807, 2.05) is 26.2 Å². The van der Waals surface area contributed by atoms with Crippen molar-refractivity contribution in [2.24, 2.45) is 7.05 Å². The molecule has 0 fully saturated rings. The molecular weight excluding hydrogens is 202 g/mol. The van der Waals surface area contributed by atoms with Gasteiger partial charge in [-0.3, -0.25) is 4.68 Å². The first-order valence-corrected chi connectivity index (χ1v) is 5.28. The third-order valence-electron chi connectivity index (χ3n) is 2.28. The fourth-order valence-electron chi connectivity index (χ4n) is 1.56. The minimum Gasteiger partial charge on any atom is -0.337 e. The highest BCUT2D eigenvalue weighted by Crippen LogP contribution is 2.18. The van der Waals surface area contributed by atoms with E-state index in [0.717, 1.165) is 29.4 Å². The highest BCUT2D eigenvalue weighted by Gasteiger charge is 2.06. The molecule has 0 saturated carbocycles. The van der Waals surface area contributed by atoms with Crippen molar-refractivity contribution in [3.05, 3.63) is 30.0 Å². The van der Waals surface area contributed by atoms with E-state index in [1.165, 1.54) is 0 Å². The lowest BCUT2D eigenvalue weighted by molar-refractivity contribution is 0.746. The predicted octanol–water partition coefficient (Wildman–Crippen LogP) is 1.82. The summed E-state index contributed by atoms with van der Waals surface area (Å²) in [5, 5.41) is 7.61. The van der Waals surface area contributed by atoms with E-state index in [0.29, 0.717) is 0 Å². The maximum Gasteiger partial charge on any atom is 0.134 e. The Kier molecular flexibility index (Phi) is 2.85. The molecule has 5 nitrogen and oxygen atoms in total. The number of anilines is 2. The Hall–Kier alpha value is -1.91. The Balaban J connectivity index is 2.26. The van der Waals surface area contributed by atoms with E-state index >= 15 is 0 Å². The summed E-state index contributed by atoms with van der Waals surface area (Å²) in [6.07, 6.45) is 4.59. The van der Waals surface area contributed by atoms with Crippen LogP contribution in [0.5, 0.6) is 0 Å². The molecule has 2 aromatic rings. The molecule has 16 heavy (non-hydrogen) atoms. The monoisotopic (exact) mass is 217 g/mol. The Morgan fingerprint density at radius 3 is 2.94 bits per heavy atom. The van der Waals surface area contributed by atoms with E-state index in [2.05, 4.69) is 27.3 Å². The molecule has 0 unspecified atom stereocenters. The first-order chi connectivity index (χ1) is 7.69. The van der Waals surface area contributed by atoms with E-state index < -0.39 is 0 Å². The third-order valence-corrected chi connectivity index (χ3v) is 2.28. The minimum atomic E-state index is 0.756. The van der Waals surface area contributed by atoms with Crippen LogP contribution >= 0.6 is 0 Å². The lowest BCUT2D eigenvalue weighted by atomic mass is 10.3. The van der Waals surface area contributed by atoms with Crippen molar-refractivity contribution in [3.63, 3.8) is 0 Å². The fraction of sp³-hybridized carbons (Fsp3) is 0.364. The van der Waals surface area contributed by atoms with Crippen LogP contribution in [0.1, 0.15) is 18.4 Å². The van der Waals surface area contributed by atoms with Gasteiger partial charge in [-0.15, -0.1) is 0 Å².